The molecule has 0 unspecified atom stereocenters. The van der Waals surface area contributed by atoms with Gasteiger partial charge in [0.15, 0.2) is 18.2 Å². The molecule has 0 aromatic heterocycles. The SMILES string of the molecule is CC[C@@]1(O)OC(=O)[C@H](C)[C@@H](O[C@H]2C[C@@](C)(OC)[C@@H](O)[C@H](C)O2)[C@H](C)[C@@H](O[C@@H]2O[C@H](C)C[C@H](N(C)C)[C@H]2O)[C@](C)(OC)C[C@@H](C)C(=O)[C@H](C)[C@@H](O)[C@]1(C)O. The highest BCUT2D eigenvalue weighted by atomic mass is 16.7. The number of rotatable bonds is 8. The Morgan fingerprint density at radius 1 is 0.830 bits per heavy atom. The molecule has 0 amide bonds. The van der Waals surface area contributed by atoms with Gasteiger partial charge in [-0.15, -0.1) is 0 Å². The third-order valence-corrected chi connectivity index (χ3v) is 12.5. The van der Waals surface area contributed by atoms with Crippen LogP contribution >= 0.6 is 0 Å². The maximum Gasteiger partial charge on any atom is 0.313 e. The molecule has 18 atom stereocenters. The highest BCUT2D eigenvalue weighted by molar-refractivity contribution is 5.83. The number of cyclic esters (lactones) is 1. The molecule has 3 heterocycles. The summed E-state index contributed by atoms with van der Waals surface area (Å²) in [6, 6.07) is -0.315. The van der Waals surface area contributed by atoms with E-state index < -0.39 is 107 Å². The molecule has 310 valence electrons. The molecule has 53 heavy (non-hydrogen) atoms. The largest absolute Gasteiger partial charge is 0.430 e. The predicted molar refractivity (Wildman–Crippen MR) is 192 cm³/mol. The van der Waals surface area contributed by atoms with Crippen LogP contribution in [0, 0.1) is 23.7 Å². The van der Waals surface area contributed by atoms with Crippen LogP contribution in [0.2, 0.25) is 0 Å². The number of carbonyl (C=O) groups is 2. The van der Waals surface area contributed by atoms with E-state index in [-0.39, 0.29) is 31.4 Å². The summed E-state index contributed by atoms with van der Waals surface area (Å²) < 4.78 is 43.4. The zero-order chi connectivity index (χ0) is 40.6. The number of hydrogen-bond acceptors (Lipinski definition) is 15. The number of ether oxygens (including phenoxy) is 7. The molecule has 0 spiro atoms. The first kappa shape index (κ1) is 46.0. The van der Waals surface area contributed by atoms with Gasteiger partial charge in [0.25, 0.3) is 0 Å². The Hall–Kier alpha value is -1.34. The molecule has 3 fully saturated rings. The molecular weight excluding hydrogens is 694 g/mol. The lowest BCUT2D eigenvalue weighted by Crippen LogP contribution is -2.65. The summed E-state index contributed by atoms with van der Waals surface area (Å²) in [4.78, 5) is 30.1. The summed E-state index contributed by atoms with van der Waals surface area (Å²) in [5.41, 5.74) is -4.85. The van der Waals surface area contributed by atoms with E-state index >= 15 is 0 Å². The monoisotopic (exact) mass is 763 g/mol. The second-order valence-corrected chi connectivity index (χ2v) is 16.8. The summed E-state index contributed by atoms with van der Waals surface area (Å²) in [5, 5.41) is 57.3. The van der Waals surface area contributed by atoms with Crippen molar-refractivity contribution in [3.05, 3.63) is 0 Å². The molecular formula is C38H69NO14. The number of carbonyl (C=O) groups excluding carboxylic acids is 2. The number of Topliss-reactive ketones (excluding diaryl/α,β-unsaturated/α-hetero) is 1. The van der Waals surface area contributed by atoms with Crippen molar-refractivity contribution in [2.45, 2.75) is 179 Å². The topological polar surface area (TPSA) is 203 Å². The molecule has 0 saturated carbocycles. The van der Waals surface area contributed by atoms with E-state index in [1.807, 2.05) is 25.9 Å². The normalized spacial score (nSPS) is 49.7. The molecule has 15 nitrogen and oxygen atoms in total. The number of methoxy groups -OCH3 is 2. The minimum atomic E-state index is -2.61. The molecule has 5 N–H and O–H groups in total. The van der Waals surface area contributed by atoms with Crippen molar-refractivity contribution < 1.29 is 68.3 Å². The van der Waals surface area contributed by atoms with E-state index in [0.29, 0.717) is 6.42 Å². The lowest BCUT2D eigenvalue weighted by molar-refractivity contribution is -0.325. The fraction of sp³-hybridized carbons (Fsp3) is 0.947. The van der Waals surface area contributed by atoms with Crippen molar-refractivity contribution in [3.63, 3.8) is 0 Å². The van der Waals surface area contributed by atoms with Gasteiger partial charge in [0.1, 0.15) is 18.0 Å². The van der Waals surface area contributed by atoms with Gasteiger partial charge in [-0.2, -0.15) is 0 Å². The Morgan fingerprint density at radius 3 is 1.94 bits per heavy atom. The standard InChI is InChI=1S/C38H69NO14/c1-15-38(46)37(10,45)30(42)21(4)27(40)19(2)17-36(9,48-14)32(52-34-28(41)25(39(11)12)16-20(3)49-34)22(5)29(23(6)33(44)53-38)51-26-18-35(8,47-13)31(43)24(7)50-26/h19-26,28-32,34,41-43,45-46H,15-18H2,1-14H3/t19-,20-,21+,22+,23-,24+,25+,26+,28-,29+,30-,31+,32-,34+,35-,36-,37+,38-/m1/s1. The van der Waals surface area contributed by atoms with Crippen LogP contribution in [0.5, 0.6) is 0 Å². The van der Waals surface area contributed by atoms with Gasteiger partial charge in [-0.3, -0.25) is 9.59 Å². The van der Waals surface area contributed by atoms with Crippen LogP contribution < -0.4 is 0 Å². The minimum Gasteiger partial charge on any atom is -0.430 e. The van der Waals surface area contributed by atoms with Gasteiger partial charge in [-0.25, -0.2) is 0 Å². The summed E-state index contributed by atoms with van der Waals surface area (Å²) in [5.74, 6) is -8.01. The Balaban J connectivity index is 2.26. The van der Waals surface area contributed by atoms with Gasteiger partial charge < -0.3 is 63.6 Å². The van der Waals surface area contributed by atoms with E-state index in [1.165, 1.54) is 28.1 Å². The Morgan fingerprint density at radius 2 is 1.42 bits per heavy atom. The number of hydrogen-bond donors (Lipinski definition) is 5. The van der Waals surface area contributed by atoms with Gasteiger partial charge in [0.2, 0.25) is 5.79 Å². The number of aliphatic hydroxyl groups excluding tert-OH is 3. The lowest BCUT2D eigenvalue weighted by Gasteiger charge is -2.50. The van der Waals surface area contributed by atoms with Crippen LogP contribution in [0.25, 0.3) is 0 Å². The highest BCUT2D eigenvalue weighted by Crippen LogP contribution is 2.43. The zero-order valence-electron chi connectivity index (χ0n) is 34.3. The first-order chi connectivity index (χ1) is 24.3. The Kier molecular flexibility index (Phi) is 15.1. The summed E-state index contributed by atoms with van der Waals surface area (Å²) in [7, 11) is 6.67. The van der Waals surface area contributed by atoms with Crippen molar-refractivity contribution >= 4 is 11.8 Å². The third-order valence-electron chi connectivity index (χ3n) is 12.5. The van der Waals surface area contributed by atoms with Crippen LogP contribution in [0.15, 0.2) is 0 Å². The molecule has 3 aliphatic rings. The van der Waals surface area contributed by atoms with Crippen LogP contribution in [-0.4, -0.2) is 154 Å². The molecule has 3 saturated heterocycles. The maximum atomic E-state index is 14.2. The second kappa shape index (κ2) is 17.4. The fourth-order valence-electron chi connectivity index (χ4n) is 8.54. The first-order valence-electron chi connectivity index (χ1n) is 19.0. The van der Waals surface area contributed by atoms with E-state index in [2.05, 4.69) is 0 Å². The molecule has 0 aromatic carbocycles. The third kappa shape index (κ3) is 9.29. The molecule has 3 aliphatic heterocycles. The van der Waals surface area contributed by atoms with E-state index in [0.717, 1.165) is 6.92 Å². The second-order valence-electron chi connectivity index (χ2n) is 16.8. The van der Waals surface area contributed by atoms with Crippen LogP contribution in [0.1, 0.15) is 94.9 Å². The Labute approximate surface area is 315 Å². The molecule has 0 radical (unpaired) electrons. The van der Waals surface area contributed by atoms with Gasteiger partial charge in [-0.1, -0.05) is 27.7 Å². The minimum absolute atomic E-state index is 0.0422. The number of nitrogens with zero attached hydrogens (tertiary/aromatic N) is 1. The maximum absolute atomic E-state index is 14.2. The highest BCUT2D eigenvalue weighted by Gasteiger charge is 2.58. The van der Waals surface area contributed by atoms with Crippen LogP contribution in [0.3, 0.4) is 0 Å². The Bertz CT molecular complexity index is 1240. The predicted octanol–water partition coefficient (Wildman–Crippen LogP) is 1.76. The van der Waals surface area contributed by atoms with Crippen molar-refractivity contribution in [3.8, 4) is 0 Å². The molecule has 0 aromatic rings. The summed E-state index contributed by atoms with van der Waals surface area (Å²) in [6.07, 6.45) is -8.95. The van der Waals surface area contributed by atoms with Crippen molar-refractivity contribution in [1.82, 2.24) is 4.90 Å². The van der Waals surface area contributed by atoms with Gasteiger partial charge >= 0.3 is 5.97 Å². The average Bonchev–Trinajstić information content (AvgIpc) is 3.10. The van der Waals surface area contributed by atoms with Gasteiger partial charge in [-0.05, 0) is 68.5 Å². The van der Waals surface area contributed by atoms with Crippen molar-refractivity contribution in [1.29, 1.82) is 0 Å². The zero-order valence-corrected chi connectivity index (χ0v) is 34.3. The molecule has 15 heteroatoms. The fourth-order valence-corrected chi connectivity index (χ4v) is 8.54. The quantitative estimate of drug-likeness (QED) is 0.224. The first-order valence-corrected chi connectivity index (χ1v) is 19.0. The molecule has 0 bridgehead atoms. The van der Waals surface area contributed by atoms with Gasteiger partial charge in [0.05, 0.1) is 47.6 Å². The number of aliphatic hydroxyl groups is 5. The van der Waals surface area contributed by atoms with Crippen molar-refractivity contribution in [2.75, 3.05) is 28.3 Å². The van der Waals surface area contributed by atoms with Crippen LogP contribution in [0.4, 0.5) is 0 Å². The molecule has 0 aliphatic carbocycles. The average molecular weight is 764 g/mol. The summed E-state index contributed by atoms with van der Waals surface area (Å²) in [6.45, 7) is 16.1. The molecule has 3 rings (SSSR count). The van der Waals surface area contributed by atoms with E-state index in [4.69, 9.17) is 33.2 Å². The number of ketones is 1. The smallest absolute Gasteiger partial charge is 0.313 e. The van der Waals surface area contributed by atoms with E-state index in [9.17, 15) is 35.1 Å². The van der Waals surface area contributed by atoms with Crippen molar-refractivity contribution in [2.24, 2.45) is 23.7 Å². The number of esters is 1. The van der Waals surface area contributed by atoms with E-state index in [1.54, 1.807) is 41.5 Å². The van der Waals surface area contributed by atoms with Crippen LogP contribution in [-0.2, 0) is 42.7 Å². The number of likely N-dealkylation sites (N-methyl/N-ethyl adjacent to an activating group) is 1. The van der Waals surface area contributed by atoms with Gasteiger partial charge in [0, 0.05) is 50.9 Å². The summed E-state index contributed by atoms with van der Waals surface area (Å²) >= 11 is 0. The lowest BCUT2D eigenvalue weighted by atomic mass is 9.73.